The topological polar surface area (TPSA) is 55.3 Å². The summed E-state index contributed by atoms with van der Waals surface area (Å²) in [5.41, 5.74) is 0. The average Bonchev–Trinajstić information content (AvgIpc) is 3.09. The van der Waals surface area contributed by atoms with Crippen molar-refractivity contribution in [3.05, 3.63) is 16.2 Å². The largest absolute Gasteiger partial charge is 0.472 e. The molecule has 1 saturated carbocycles. The second-order valence-electron chi connectivity index (χ2n) is 5.54. The first-order valence-electron chi connectivity index (χ1n) is 7.06. The summed E-state index contributed by atoms with van der Waals surface area (Å²) in [4.78, 5) is 23.4. The van der Waals surface area contributed by atoms with Gasteiger partial charge in [0.05, 0.1) is 15.7 Å². The van der Waals surface area contributed by atoms with E-state index in [0.29, 0.717) is 18.3 Å². The molecular weight excluding hydrogens is 354 g/mol. The number of carbonyl (C=O) groups is 1. The Balaban J connectivity index is 1.49. The molecule has 2 fully saturated rings. The van der Waals surface area contributed by atoms with Crippen LogP contribution in [0.3, 0.4) is 0 Å². The van der Waals surface area contributed by atoms with Gasteiger partial charge in [-0.2, -0.15) is 0 Å². The molecule has 7 heteroatoms. The van der Waals surface area contributed by atoms with Crippen LogP contribution in [0.2, 0.25) is 0 Å². The third-order valence-electron chi connectivity index (χ3n) is 3.92. The number of aromatic nitrogens is 2. The first kappa shape index (κ1) is 13.5. The van der Waals surface area contributed by atoms with Gasteiger partial charge < -0.3 is 9.64 Å². The fourth-order valence-electron chi connectivity index (χ4n) is 2.67. The standard InChI is InChI=1S/C14H14BrN3O2S/c15-11-5-10-12(16-7-17-13(10)21-11)20-9-3-4-18(6-9)14(19)8-1-2-8/h5,7-9H,1-4,6H2/t9-/m0/s1. The Kier molecular flexibility index (Phi) is 3.34. The summed E-state index contributed by atoms with van der Waals surface area (Å²) < 4.78 is 7.04. The summed E-state index contributed by atoms with van der Waals surface area (Å²) in [7, 11) is 0. The van der Waals surface area contributed by atoms with Crippen molar-refractivity contribution >= 4 is 43.4 Å². The molecule has 5 nitrogen and oxygen atoms in total. The van der Waals surface area contributed by atoms with Crippen molar-refractivity contribution in [3.63, 3.8) is 0 Å². The number of hydrogen-bond donors (Lipinski definition) is 0. The van der Waals surface area contributed by atoms with Crippen molar-refractivity contribution in [2.24, 2.45) is 5.92 Å². The second-order valence-corrected chi connectivity index (χ2v) is 7.95. The van der Waals surface area contributed by atoms with Crippen LogP contribution < -0.4 is 4.74 Å². The van der Waals surface area contributed by atoms with Crippen LogP contribution in [0.1, 0.15) is 19.3 Å². The van der Waals surface area contributed by atoms with E-state index in [1.54, 1.807) is 11.3 Å². The van der Waals surface area contributed by atoms with Crippen LogP contribution in [0.25, 0.3) is 10.2 Å². The average molecular weight is 368 g/mol. The summed E-state index contributed by atoms with van der Waals surface area (Å²) >= 11 is 5.03. The molecule has 0 spiro atoms. The van der Waals surface area contributed by atoms with Gasteiger partial charge >= 0.3 is 0 Å². The van der Waals surface area contributed by atoms with Crippen LogP contribution in [-0.4, -0.2) is 40.0 Å². The smallest absolute Gasteiger partial charge is 0.225 e. The Labute approximate surface area is 134 Å². The van der Waals surface area contributed by atoms with Gasteiger partial charge in [0.15, 0.2) is 0 Å². The first-order chi connectivity index (χ1) is 10.2. The van der Waals surface area contributed by atoms with E-state index in [1.807, 2.05) is 11.0 Å². The molecule has 2 aliphatic rings. The zero-order valence-corrected chi connectivity index (χ0v) is 13.7. The van der Waals surface area contributed by atoms with Gasteiger partial charge in [0.25, 0.3) is 0 Å². The quantitative estimate of drug-likeness (QED) is 0.836. The molecule has 0 radical (unpaired) electrons. The van der Waals surface area contributed by atoms with Gasteiger partial charge in [-0.3, -0.25) is 4.79 Å². The van der Waals surface area contributed by atoms with E-state index < -0.39 is 0 Å². The predicted octanol–water partition coefficient (Wildman–Crippen LogP) is 2.84. The van der Waals surface area contributed by atoms with Crippen molar-refractivity contribution in [1.82, 2.24) is 14.9 Å². The number of hydrogen-bond acceptors (Lipinski definition) is 5. The molecule has 110 valence electrons. The van der Waals surface area contributed by atoms with E-state index in [1.165, 1.54) is 6.33 Å². The SMILES string of the molecule is O=C(C1CC1)N1CC[C@H](Oc2ncnc3sc(Br)cc23)C1. The minimum Gasteiger partial charge on any atom is -0.472 e. The summed E-state index contributed by atoms with van der Waals surface area (Å²) in [6.45, 7) is 1.47. The predicted molar refractivity (Wildman–Crippen MR) is 83.5 cm³/mol. The minimum atomic E-state index is 0.0319. The van der Waals surface area contributed by atoms with Gasteiger partial charge in [0.1, 0.15) is 17.3 Å². The van der Waals surface area contributed by atoms with Crippen LogP contribution in [0.4, 0.5) is 0 Å². The molecule has 3 heterocycles. The van der Waals surface area contributed by atoms with E-state index in [0.717, 1.165) is 39.8 Å². The molecule has 1 aliphatic heterocycles. The highest BCUT2D eigenvalue weighted by Gasteiger charge is 2.37. The van der Waals surface area contributed by atoms with Gasteiger partial charge in [0.2, 0.25) is 11.8 Å². The van der Waals surface area contributed by atoms with Crippen molar-refractivity contribution in [1.29, 1.82) is 0 Å². The Bertz CT molecular complexity index is 701. The maximum Gasteiger partial charge on any atom is 0.225 e. The molecule has 0 aromatic carbocycles. The minimum absolute atomic E-state index is 0.0319. The third kappa shape index (κ3) is 2.64. The van der Waals surface area contributed by atoms with Crippen molar-refractivity contribution < 1.29 is 9.53 Å². The lowest BCUT2D eigenvalue weighted by molar-refractivity contribution is -0.131. The Morgan fingerprint density at radius 1 is 1.38 bits per heavy atom. The van der Waals surface area contributed by atoms with Crippen LogP contribution >= 0.6 is 27.3 Å². The van der Waals surface area contributed by atoms with Crippen LogP contribution in [0, 0.1) is 5.92 Å². The number of likely N-dealkylation sites (tertiary alicyclic amines) is 1. The molecule has 0 N–H and O–H groups in total. The highest BCUT2D eigenvalue weighted by atomic mass is 79.9. The first-order valence-corrected chi connectivity index (χ1v) is 8.67. The number of rotatable bonds is 3. The molecule has 1 aliphatic carbocycles. The molecule has 2 aromatic heterocycles. The van der Waals surface area contributed by atoms with E-state index in [-0.39, 0.29) is 12.0 Å². The Morgan fingerprint density at radius 3 is 3.05 bits per heavy atom. The van der Waals surface area contributed by atoms with Gasteiger partial charge in [-0.15, -0.1) is 11.3 Å². The van der Waals surface area contributed by atoms with E-state index in [2.05, 4.69) is 25.9 Å². The Hall–Kier alpha value is -1.21. The van der Waals surface area contributed by atoms with Gasteiger partial charge in [0, 0.05) is 18.9 Å². The molecule has 4 rings (SSSR count). The molecule has 0 unspecified atom stereocenters. The molecule has 1 saturated heterocycles. The summed E-state index contributed by atoms with van der Waals surface area (Å²) in [6.07, 6.45) is 4.54. The van der Waals surface area contributed by atoms with E-state index in [9.17, 15) is 4.79 Å². The van der Waals surface area contributed by atoms with Gasteiger partial charge in [-0.1, -0.05) is 0 Å². The summed E-state index contributed by atoms with van der Waals surface area (Å²) in [5, 5.41) is 0.932. The van der Waals surface area contributed by atoms with Crippen LogP contribution in [0.15, 0.2) is 16.2 Å². The number of amides is 1. The van der Waals surface area contributed by atoms with Crippen molar-refractivity contribution in [2.45, 2.75) is 25.4 Å². The van der Waals surface area contributed by atoms with E-state index in [4.69, 9.17) is 4.74 Å². The fraction of sp³-hybridized carbons (Fsp3) is 0.500. The van der Waals surface area contributed by atoms with Gasteiger partial charge in [-0.05, 0) is 34.8 Å². The maximum absolute atomic E-state index is 12.1. The number of thiophene rings is 1. The fourth-order valence-corrected chi connectivity index (χ4v) is 4.08. The second kappa shape index (κ2) is 5.21. The maximum atomic E-state index is 12.1. The number of halogens is 1. The van der Waals surface area contributed by atoms with Gasteiger partial charge in [-0.25, -0.2) is 9.97 Å². The molecule has 0 bridgehead atoms. The van der Waals surface area contributed by atoms with Crippen molar-refractivity contribution in [3.8, 4) is 5.88 Å². The lowest BCUT2D eigenvalue weighted by atomic mass is 10.3. The lowest BCUT2D eigenvalue weighted by Crippen LogP contribution is -2.32. The summed E-state index contributed by atoms with van der Waals surface area (Å²) in [5.74, 6) is 1.20. The highest BCUT2D eigenvalue weighted by Crippen LogP contribution is 2.35. The number of carbonyl (C=O) groups excluding carboxylic acids is 1. The lowest BCUT2D eigenvalue weighted by Gasteiger charge is -2.16. The number of ether oxygens (including phenoxy) is 1. The molecule has 1 amide bonds. The van der Waals surface area contributed by atoms with Crippen LogP contribution in [-0.2, 0) is 4.79 Å². The summed E-state index contributed by atoms with van der Waals surface area (Å²) in [6, 6.07) is 1.98. The third-order valence-corrected chi connectivity index (χ3v) is 5.47. The normalized spacial score (nSPS) is 22.0. The highest BCUT2D eigenvalue weighted by molar-refractivity contribution is 9.11. The van der Waals surface area contributed by atoms with Crippen LogP contribution in [0.5, 0.6) is 5.88 Å². The monoisotopic (exact) mass is 367 g/mol. The zero-order chi connectivity index (χ0) is 14.4. The molecule has 1 atom stereocenters. The molecular formula is C14H14BrN3O2S. The zero-order valence-electron chi connectivity index (χ0n) is 11.3. The van der Waals surface area contributed by atoms with Crippen molar-refractivity contribution in [2.75, 3.05) is 13.1 Å². The molecule has 2 aromatic rings. The molecule has 21 heavy (non-hydrogen) atoms. The number of nitrogens with zero attached hydrogens (tertiary/aromatic N) is 3. The Morgan fingerprint density at radius 2 is 2.24 bits per heavy atom. The van der Waals surface area contributed by atoms with E-state index >= 15 is 0 Å². The number of fused-ring (bicyclic) bond motifs is 1.